The van der Waals surface area contributed by atoms with Crippen molar-refractivity contribution in [2.75, 3.05) is 26.7 Å². The minimum absolute atomic E-state index is 0. The molecule has 30 heavy (non-hydrogen) atoms. The van der Waals surface area contributed by atoms with Crippen molar-refractivity contribution in [2.45, 2.75) is 37.6 Å². The number of hydrogen-bond acceptors (Lipinski definition) is 4. The van der Waals surface area contributed by atoms with E-state index in [9.17, 15) is 8.42 Å². The van der Waals surface area contributed by atoms with E-state index in [1.165, 1.54) is 9.75 Å². The number of nitrogens with zero attached hydrogens (tertiary/aromatic N) is 2. The molecule has 2 heterocycles. The number of hydrogen-bond donors (Lipinski definition) is 2. The lowest BCUT2D eigenvalue weighted by atomic mass is 9.98. The molecule has 1 fully saturated rings. The molecule has 1 saturated heterocycles. The zero-order chi connectivity index (χ0) is 20.7. The third kappa shape index (κ3) is 6.66. The van der Waals surface area contributed by atoms with Gasteiger partial charge >= 0.3 is 0 Å². The Morgan fingerprint density at radius 2 is 1.77 bits per heavy atom. The zero-order valence-corrected chi connectivity index (χ0v) is 21.5. The summed E-state index contributed by atoms with van der Waals surface area (Å²) in [5, 5.41) is 6.75. The van der Waals surface area contributed by atoms with E-state index in [1.807, 2.05) is 17.4 Å². The first-order valence-corrected chi connectivity index (χ1v) is 12.4. The van der Waals surface area contributed by atoms with E-state index in [4.69, 9.17) is 0 Å². The summed E-state index contributed by atoms with van der Waals surface area (Å²) in [4.78, 5) is 7.36. The highest BCUT2D eigenvalue weighted by atomic mass is 127. The summed E-state index contributed by atoms with van der Waals surface area (Å²) in [6.07, 6.45) is 2.76. The van der Waals surface area contributed by atoms with Crippen molar-refractivity contribution in [3.63, 3.8) is 0 Å². The number of guanidine groups is 1. The topological polar surface area (TPSA) is 73.8 Å². The van der Waals surface area contributed by atoms with Gasteiger partial charge in [-0.05, 0) is 49.4 Å². The molecule has 0 spiro atoms. The third-order valence-electron chi connectivity index (χ3n) is 5.23. The van der Waals surface area contributed by atoms with Crippen molar-refractivity contribution in [3.05, 3.63) is 52.2 Å². The molecule has 0 radical (unpaired) electrons. The number of aryl methyl sites for hydroxylation is 1. The minimum atomic E-state index is -3.38. The van der Waals surface area contributed by atoms with Gasteiger partial charge in [0.1, 0.15) is 0 Å². The maximum Gasteiger partial charge on any atom is 0.243 e. The molecule has 1 aliphatic heterocycles. The number of sulfonamides is 1. The molecule has 166 valence electrons. The van der Waals surface area contributed by atoms with E-state index in [2.05, 4.69) is 34.7 Å². The normalized spacial score (nSPS) is 16.1. The highest BCUT2D eigenvalue weighted by Crippen LogP contribution is 2.23. The van der Waals surface area contributed by atoms with Crippen LogP contribution >= 0.6 is 35.3 Å². The van der Waals surface area contributed by atoms with E-state index >= 15 is 0 Å². The molecular formula is C21H31IN4O2S2. The number of thiophene rings is 1. The Kier molecular flexibility index (Phi) is 10.1. The van der Waals surface area contributed by atoms with Crippen molar-refractivity contribution in [1.29, 1.82) is 0 Å². The monoisotopic (exact) mass is 562 g/mol. The lowest BCUT2D eigenvalue weighted by Crippen LogP contribution is -2.43. The molecule has 2 aromatic rings. The summed E-state index contributed by atoms with van der Waals surface area (Å²) in [7, 11) is -1.61. The van der Waals surface area contributed by atoms with E-state index < -0.39 is 10.0 Å². The van der Waals surface area contributed by atoms with Crippen LogP contribution in [0.1, 0.15) is 29.5 Å². The summed E-state index contributed by atoms with van der Waals surface area (Å²) in [5.41, 5.74) is 0. The fourth-order valence-corrected chi connectivity index (χ4v) is 5.82. The second kappa shape index (κ2) is 12.0. The summed E-state index contributed by atoms with van der Waals surface area (Å²) < 4.78 is 27.1. The molecule has 0 bridgehead atoms. The lowest BCUT2D eigenvalue weighted by Gasteiger charge is -2.31. The molecule has 0 atom stereocenters. The molecular weight excluding hydrogens is 531 g/mol. The van der Waals surface area contributed by atoms with Crippen molar-refractivity contribution < 1.29 is 8.42 Å². The Morgan fingerprint density at radius 3 is 2.37 bits per heavy atom. The Bertz CT molecular complexity index is 908. The predicted octanol–water partition coefficient (Wildman–Crippen LogP) is 3.69. The van der Waals surface area contributed by atoms with Gasteiger partial charge in [0.2, 0.25) is 10.0 Å². The number of halogens is 1. The van der Waals surface area contributed by atoms with Crippen LogP contribution in [0.5, 0.6) is 0 Å². The quantitative estimate of drug-likeness (QED) is 0.307. The second-order valence-corrected chi connectivity index (χ2v) is 10.4. The second-order valence-electron chi connectivity index (χ2n) is 7.19. The Hall–Kier alpha value is -1.17. The van der Waals surface area contributed by atoms with Crippen molar-refractivity contribution in [3.8, 4) is 0 Å². The van der Waals surface area contributed by atoms with Crippen LogP contribution in [0.2, 0.25) is 0 Å². The number of nitrogens with one attached hydrogen (secondary N) is 2. The van der Waals surface area contributed by atoms with Crippen LogP contribution < -0.4 is 10.6 Å². The largest absolute Gasteiger partial charge is 0.356 e. The maximum atomic E-state index is 12.7. The van der Waals surface area contributed by atoms with E-state index in [1.54, 1.807) is 35.6 Å². The number of piperidine rings is 1. The van der Waals surface area contributed by atoms with Gasteiger partial charge in [0, 0.05) is 36.4 Å². The van der Waals surface area contributed by atoms with Gasteiger partial charge in [-0.2, -0.15) is 4.31 Å². The van der Waals surface area contributed by atoms with Gasteiger partial charge in [0.15, 0.2) is 5.96 Å². The SMILES string of the molecule is CCc1ccc(CNC(=NC)NCC2CCN(S(=O)(=O)c3ccccc3)CC2)s1.I. The van der Waals surface area contributed by atoms with Gasteiger partial charge in [-0.1, -0.05) is 25.1 Å². The van der Waals surface area contributed by atoms with Crippen LogP contribution in [0.25, 0.3) is 0 Å². The minimum Gasteiger partial charge on any atom is -0.356 e. The first-order chi connectivity index (χ1) is 14.0. The van der Waals surface area contributed by atoms with E-state index in [0.29, 0.717) is 23.9 Å². The summed E-state index contributed by atoms with van der Waals surface area (Å²) in [6, 6.07) is 13.0. The van der Waals surface area contributed by atoms with Gasteiger partial charge in [-0.15, -0.1) is 35.3 Å². The average Bonchev–Trinajstić information content (AvgIpc) is 3.23. The standard InChI is InChI=1S/C21H30N4O2S2.HI/c1-3-18-9-10-19(28-18)16-24-21(22-2)23-15-17-11-13-25(14-12-17)29(26,27)20-7-5-4-6-8-20;/h4-10,17H,3,11-16H2,1-2H3,(H2,22,23,24);1H. The summed E-state index contributed by atoms with van der Waals surface area (Å²) in [6.45, 7) is 4.84. The van der Waals surface area contributed by atoms with Crippen LogP contribution in [0.3, 0.4) is 0 Å². The Balaban J connectivity index is 0.00000320. The molecule has 3 rings (SSSR count). The lowest BCUT2D eigenvalue weighted by molar-refractivity contribution is 0.273. The van der Waals surface area contributed by atoms with Gasteiger partial charge in [0.05, 0.1) is 11.4 Å². The molecule has 0 amide bonds. The molecule has 0 aliphatic carbocycles. The van der Waals surface area contributed by atoms with Crippen LogP contribution in [0.15, 0.2) is 52.4 Å². The van der Waals surface area contributed by atoms with Crippen LogP contribution in [-0.4, -0.2) is 45.4 Å². The molecule has 0 saturated carbocycles. The molecule has 1 aromatic carbocycles. The first-order valence-electron chi connectivity index (χ1n) is 10.1. The van der Waals surface area contributed by atoms with Crippen LogP contribution in [0, 0.1) is 5.92 Å². The van der Waals surface area contributed by atoms with Gasteiger partial charge in [-0.3, -0.25) is 4.99 Å². The fourth-order valence-electron chi connectivity index (χ4n) is 3.44. The van der Waals surface area contributed by atoms with E-state index in [-0.39, 0.29) is 24.0 Å². The number of rotatable bonds is 7. The van der Waals surface area contributed by atoms with Crippen LogP contribution in [-0.2, 0) is 23.0 Å². The predicted molar refractivity (Wildman–Crippen MR) is 135 cm³/mol. The maximum absolute atomic E-state index is 12.7. The molecule has 0 unspecified atom stereocenters. The first kappa shape index (κ1) is 25.1. The summed E-state index contributed by atoms with van der Waals surface area (Å²) >= 11 is 1.82. The highest BCUT2D eigenvalue weighted by molar-refractivity contribution is 14.0. The molecule has 2 N–H and O–H groups in total. The smallest absolute Gasteiger partial charge is 0.243 e. The molecule has 1 aromatic heterocycles. The Labute approximate surface area is 201 Å². The van der Waals surface area contributed by atoms with Crippen molar-refractivity contribution in [1.82, 2.24) is 14.9 Å². The van der Waals surface area contributed by atoms with Gasteiger partial charge < -0.3 is 10.6 Å². The molecule has 6 nitrogen and oxygen atoms in total. The fraction of sp³-hybridized carbons (Fsp3) is 0.476. The molecule has 9 heteroatoms. The average molecular weight is 563 g/mol. The Morgan fingerprint density at radius 1 is 1.10 bits per heavy atom. The molecule has 1 aliphatic rings. The number of benzene rings is 1. The van der Waals surface area contributed by atoms with Gasteiger partial charge in [-0.25, -0.2) is 8.42 Å². The van der Waals surface area contributed by atoms with Crippen LogP contribution in [0.4, 0.5) is 0 Å². The van der Waals surface area contributed by atoms with Gasteiger partial charge in [0.25, 0.3) is 0 Å². The van der Waals surface area contributed by atoms with Crippen molar-refractivity contribution >= 4 is 51.3 Å². The van der Waals surface area contributed by atoms with E-state index in [0.717, 1.165) is 38.3 Å². The zero-order valence-electron chi connectivity index (χ0n) is 17.5. The summed E-state index contributed by atoms with van der Waals surface area (Å²) in [5.74, 6) is 1.22. The third-order valence-corrected chi connectivity index (χ3v) is 8.37. The highest BCUT2D eigenvalue weighted by Gasteiger charge is 2.29. The number of aliphatic imine (C=N–C) groups is 1. The van der Waals surface area contributed by atoms with Crippen molar-refractivity contribution in [2.24, 2.45) is 10.9 Å².